The van der Waals surface area contributed by atoms with Crippen LogP contribution in [0.15, 0.2) is 42.5 Å². The van der Waals surface area contributed by atoms with Crippen LogP contribution in [0.1, 0.15) is 34.0 Å². The first kappa shape index (κ1) is 18.6. The highest BCUT2D eigenvalue weighted by atomic mass is 19.1. The van der Waals surface area contributed by atoms with E-state index >= 15 is 0 Å². The zero-order chi connectivity index (χ0) is 18.4. The SMILES string of the molecule is Cc1ccc(C)c(C(=O)O[C@@H](C)C(=O)NCCc2ccc(F)cc2)c1. The van der Waals surface area contributed by atoms with Gasteiger partial charge in [-0.15, -0.1) is 0 Å². The van der Waals surface area contributed by atoms with E-state index in [0.29, 0.717) is 18.5 Å². The van der Waals surface area contributed by atoms with Gasteiger partial charge >= 0.3 is 5.97 Å². The molecule has 2 aromatic rings. The summed E-state index contributed by atoms with van der Waals surface area (Å²) < 4.78 is 18.1. The lowest BCUT2D eigenvalue weighted by atomic mass is 10.1. The first-order valence-electron chi connectivity index (χ1n) is 8.17. The lowest BCUT2D eigenvalue weighted by molar-refractivity contribution is -0.129. The second-order valence-corrected chi connectivity index (χ2v) is 6.03. The molecule has 0 fully saturated rings. The number of carbonyl (C=O) groups is 2. The highest BCUT2D eigenvalue weighted by molar-refractivity contribution is 5.93. The minimum Gasteiger partial charge on any atom is -0.449 e. The molecule has 2 aromatic carbocycles. The van der Waals surface area contributed by atoms with Crippen molar-refractivity contribution >= 4 is 11.9 Å². The number of nitrogens with one attached hydrogen (secondary N) is 1. The zero-order valence-electron chi connectivity index (χ0n) is 14.6. The third kappa shape index (κ3) is 5.41. The van der Waals surface area contributed by atoms with Gasteiger partial charge in [0.2, 0.25) is 0 Å². The van der Waals surface area contributed by atoms with Gasteiger partial charge in [0, 0.05) is 6.54 Å². The monoisotopic (exact) mass is 343 g/mol. The molecule has 0 heterocycles. The van der Waals surface area contributed by atoms with Crippen LogP contribution < -0.4 is 5.32 Å². The fourth-order valence-electron chi connectivity index (χ4n) is 2.36. The molecular formula is C20H22FNO3. The third-order valence-corrected chi connectivity index (χ3v) is 3.89. The molecule has 1 amide bonds. The molecule has 0 spiro atoms. The first-order chi connectivity index (χ1) is 11.9. The molecular weight excluding hydrogens is 321 g/mol. The second-order valence-electron chi connectivity index (χ2n) is 6.03. The Hall–Kier alpha value is -2.69. The molecule has 1 N–H and O–H groups in total. The molecule has 0 bridgehead atoms. The average molecular weight is 343 g/mol. The Morgan fingerprint density at radius 2 is 1.80 bits per heavy atom. The Bertz CT molecular complexity index is 756. The molecule has 0 saturated carbocycles. The van der Waals surface area contributed by atoms with Crippen LogP contribution in [0.25, 0.3) is 0 Å². The Morgan fingerprint density at radius 1 is 1.12 bits per heavy atom. The van der Waals surface area contributed by atoms with E-state index in [4.69, 9.17) is 4.74 Å². The number of ether oxygens (including phenoxy) is 1. The van der Waals surface area contributed by atoms with Gasteiger partial charge in [0.25, 0.3) is 5.91 Å². The number of amides is 1. The van der Waals surface area contributed by atoms with Crippen molar-refractivity contribution in [3.05, 3.63) is 70.5 Å². The van der Waals surface area contributed by atoms with E-state index in [-0.39, 0.29) is 11.7 Å². The topological polar surface area (TPSA) is 55.4 Å². The maximum atomic E-state index is 12.8. The number of hydrogen-bond donors (Lipinski definition) is 1. The Morgan fingerprint density at radius 3 is 2.48 bits per heavy atom. The summed E-state index contributed by atoms with van der Waals surface area (Å²) in [6, 6.07) is 11.6. The normalized spacial score (nSPS) is 11.7. The number of esters is 1. The van der Waals surface area contributed by atoms with E-state index in [1.54, 1.807) is 18.2 Å². The van der Waals surface area contributed by atoms with Crippen LogP contribution in [0.2, 0.25) is 0 Å². The summed E-state index contributed by atoms with van der Waals surface area (Å²) in [6.07, 6.45) is -0.315. The molecule has 0 aliphatic carbocycles. The number of halogens is 1. The van der Waals surface area contributed by atoms with Crippen LogP contribution in [0, 0.1) is 19.7 Å². The molecule has 1 atom stereocenters. The van der Waals surface area contributed by atoms with Crippen molar-refractivity contribution in [1.82, 2.24) is 5.32 Å². The number of aryl methyl sites for hydroxylation is 2. The number of benzene rings is 2. The van der Waals surface area contributed by atoms with E-state index in [9.17, 15) is 14.0 Å². The summed E-state index contributed by atoms with van der Waals surface area (Å²) in [6.45, 7) is 5.64. The molecule has 0 aliphatic heterocycles. The fourth-order valence-corrected chi connectivity index (χ4v) is 2.36. The standard InChI is InChI=1S/C20H22FNO3/c1-13-4-5-14(2)18(12-13)20(24)25-15(3)19(23)22-11-10-16-6-8-17(21)9-7-16/h4-9,12,15H,10-11H2,1-3H3,(H,22,23)/t15-/m0/s1. The van der Waals surface area contributed by atoms with E-state index in [1.165, 1.54) is 19.1 Å². The van der Waals surface area contributed by atoms with Crippen molar-refractivity contribution in [3.8, 4) is 0 Å². The zero-order valence-corrected chi connectivity index (χ0v) is 14.6. The largest absolute Gasteiger partial charge is 0.449 e. The molecule has 5 heteroatoms. The van der Waals surface area contributed by atoms with Crippen LogP contribution in [0.5, 0.6) is 0 Å². The van der Waals surface area contributed by atoms with E-state index < -0.39 is 12.1 Å². The lowest BCUT2D eigenvalue weighted by Crippen LogP contribution is -2.37. The maximum Gasteiger partial charge on any atom is 0.339 e. The minimum atomic E-state index is -0.888. The van der Waals surface area contributed by atoms with Gasteiger partial charge in [-0.1, -0.05) is 29.8 Å². The number of rotatable bonds is 6. The smallest absolute Gasteiger partial charge is 0.339 e. The van der Waals surface area contributed by atoms with Gasteiger partial charge in [-0.2, -0.15) is 0 Å². The predicted molar refractivity (Wildman–Crippen MR) is 93.9 cm³/mol. The highest BCUT2D eigenvalue weighted by Crippen LogP contribution is 2.13. The van der Waals surface area contributed by atoms with Gasteiger partial charge in [0.05, 0.1) is 5.56 Å². The first-order valence-corrected chi connectivity index (χ1v) is 8.17. The summed E-state index contributed by atoms with van der Waals surface area (Å²) in [5, 5.41) is 2.72. The molecule has 0 saturated heterocycles. The van der Waals surface area contributed by atoms with Crippen LogP contribution in [0.4, 0.5) is 4.39 Å². The van der Waals surface area contributed by atoms with Crippen LogP contribution in [-0.2, 0) is 16.0 Å². The van der Waals surface area contributed by atoms with Crippen molar-refractivity contribution < 1.29 is 18.7 Å². The number of hydrogen-bond acceptors (Lipinski definition) is 3. The van der Waals surface area contributed by atoms with Gasteiger partial charge in [0.15, 0.2) is 6.10 Å². The quantitative estimate of drug-likeness (QED) is 0.819. The van der Waals surface area contributed by atoms with E-state index in [2.05, 4.69) is 5.32 Å². The molecule has 2 rings (SSSR count). The van der Waals surface area contributed by atoms with Gasteiger partial charge in [-0.25, -0.2) is 9.18 Å². The summed E-state index contributed by atoms with van der Waals surface area (Å²) in [7, 11) is 0. The Kier molecular flexibility index (Phi) is 6.28. The molecule has 25 heavy (non-hydrogen) atoms. The molecule has 4 nitrogen and oxygen atoms in total. The lowest BCUT2D eigenvalue weighted by Gasteiger charge is -2.14. The molecule has 0 unspecified atom stereocenters. The molecule has 0 aromatic heterocycles. The second kappa shape index (κ2) is 8.42. The van der Waals surface area contributed by atoms with E-state index in [0.717, 1.165) is 16.7 Å². The summed E-state index contributed by atoms with van der Waals surface area (Å²) in [4.78, 5) is 24.3. The van der Waals surface area contributed by atoms with Gasteiger partial charge in [-0.3, -0.25) is 4.79 Å². The van der Waals surface area contributed by atoms with Gasteiger partial charge in [-0.05, 0) is 56.5 Å². The van der Waals surface area contributed by atoms with Crippen molar-refractivity contribution in [1.29, 1.82) is 0 Å². The van der Waals surface area contributed by atoms with Crippen LogP contribution in [0.3, 0.4) is 0 Å². The highest BCUT2D eigenvalue weighted by Gasteiger charge is 2.19. The van der Waals surface area contributed by atoms with E-state index in [1.807, 2.05) is 26.0 Å². The Labute approximate surface area is 147 Å². The molecule has 0 aliphatic rings. The molecule has 0 radical (unpaired) electrons. The van der Waals surface area contributed by atoms with Crippen molar-refractivity contribution in [2.24, 2.45) is 0 Å². The Balaban J connectivity index is 1.84. The summed E-state index contributed by atoms with van der Waals surface area (Å²) in [5.74, 6) is -1.16. The number of carbonyl (C=O) groups excluding carboxylic acids is 2. The fraction of sp³-hybridized carbons (Fsp3) is 0.300. The van der Waals surface area contributed by atoms with Gasteiger partial charge in [0.1, 0.15) is 5.82 Å². The molecule has 132 valence electrons. The summed E-state index contributed by atoms with van der Waals surface area (Å²) in [5.41, 5.74) is 3.14. The average Bonchev–Trinajstić information content (AvgIpc) is 2.58. The van der Waals surface area contributed by atoms with Crippen LogP contribution >= 0.6 is 0 Å². The summed E-state index contributed by atoms with van der Waals surface area (Å²) >= 11 is 0. The third-order valence-electron chi connectivity index (χ3n) is 3.89. The minimum absolute atomic E-state index is 0.292. The van der Waals surface area contributed by atoms with Crippen molar-refractivity contribution in [3.63, 3.8) is 0 Å². The maximum absolute atomic E-state index is 12.8. The van der Waals surface area contributed by atoms with Crippen LogP contribution in [-0.4, -0.2) is 24.5 Å². The van der Waals surface area contributed by atoms with Crippen molar-refractivity contribution in [2.45, 2.75) is 33.3 Å². The van der Waals surface area contributed by atoms with Gasteiger partial charge < -0.3 is 10.1 Å². The predicted octanol–water partition coefficient (Wildman–Crippen LogP) is 3.35. The van der Waals surface area contributed by atoms with Crippen molar-refractivity contribution in [2.75, 3.05) is 6.54 Å².